The van der Waals surface area contributed by atoms with Gasteiger partial charge in [0, 0.05) is 0 Å². The van der Waals surface area contributed by atoms with Crippen LogP contribution in [0, 0.1) is 5.82 Å². The Morgan fingerprint density at radius 2 is 1.94 bits per heavy atom. The maximum absolute atomic E-state index is 13.2. The number of rotatable bonds is 4. The molecule has 0 aliphatic carbocycles. The smallest absolute Gasteiger partial charge is 0.337 e. The van der Waals surface area contributed by atoms with E-state index in [1.807, 2.05) is 0 Å². The summed E-state index contributed by atoms with van der Waals surface area (Å²) in [5.41, 5.74) is -0.801. The molecule has 0 aliphatic heterocycles. The molecule has 9 heteroatoms. The Hall–Kier alpha value is -1.28. The third-order valence-electron chi connectivity index (χ3n) is 1.94. The fourth-order valence-corrected chi connectivity index (χ4v) is 2.46. The van der Waals surface area contributed by atoms with Gasteiger partial charge >= 0.3 is 5.97 Å². The van der Waals surface area contributed by atoms with Crippen LogP contribution in [0.4, 0.5) is 13.2 Å². The fourth-order valence-electron chi connectivity index (χ4n) is 1.16. The standard InChI is InChI=1S/C9H6ClF3O4S/c10-8-5(9(14)15)1-4(2-6(8)11)18(16,17)3-7(12)13/h1-2,7H,3H2,(H,14,15). The van der Waals surface area contributed by atoms with Crippen LogP contribution in [0.2, 0.25) is 5.02 Å². The Labute approximate surface area is 105 Å². The molecule has 0 saturated carbocycles. The van der Waals surface area contributed by atoms with E-state index in [0.29, 0.717) is 12.1 Å². The van der Waals surface area contributed by atoms with Gasteiger partial charge in [0.25, 0.3) is 6.43 Å². The van der Waals surface area contributed by atoms with Crippen molar-refractivity contribution in [3.8, 4) is 0 Å². The molecule has 0 heterocycles. The zero-order chi connectivity index (χ0) is 14.1. The first-order valence-corrected chi connectivity index (χ1v) is 6.41. The van der Waals surface area contributed by atoms with Crippen LogP contribution < -0.4 is 0 Å². The Bertz CT molecular complexity index is 586. The third kappa shape index (κ3) is 3.14. The number of alkyl halides is 2. The lowest BCUT2D eigenvalue weighted by Crippen LogP contribution is -2.15. The highest BCUT2D eigenvalue weighted by Gasteiger charge is 2.24. The van der Waals surface area contributed by atoms with Gasteiger partial charge in [-0.15, -0.1) is 0 Å². The summed E-state index contributed by atoms with van der Waals surface area (Å²) in [6, 6.07) is 0.956. The molecule has 0 fully saturated rings. The van der Waals surface area contributed by atoms with Crippen molar-refractivity contribution < 1.29 is 31.5 Å². The highest BCUT2D eigenvalue weighted by molar-refractivity contribution is 7.91. The van der Waals surface area contributed by atoms with E-state index in [1.54, 1.807) is 0 Å². The topological polar surface area (TPSA) is 71.4 Å². The minimum atomic E-state index is -4.47. The second kappa shape index (κ2) is 5.15. The van der Waals surface area contributed by atoms with Gasteiger partial charge in [-0.05, 0) is 12.1 Å². The molecular formula is C9H6ClF3O4S. The first-order chi connectivity index (χ1) is 8.15. The van der Waals surface area contributed by atoms with Gasteiger partial charge in [0.15, 0.2) is 9.84 Å². The maximum atomic E-state index is 13.2. The number of sulfone groups is 1. The van der Waals surface area contributed by atoms with Crippen LogP contribution in [0.15, 0.2) is 17.0 Å². The monoisotopic (exact) mass is 302 g/mol. The molecule has 1 rings (SSSR count). The van der Waals surface area contributed by atoms with Crippen LogP contribution in [0.3, 0.4) is 0 Å². The largest absolute Gasteiger partial charge is 0.478 e. The lowest BCUT2D eigenvalue weighted by molar-refractivity contribution is 0.0696. The molecule has 0 radical (unpaired) electrons. The summed E-state index contributed by atoms with van der Waals surface area (Å²) in [5.74, 6) is -4.48. The maximum Gasteiger partial charge on any atom is 0.337 e. The van der Waals surface area contributed by atoms with Gasteiger partial charge in [-0.2, -0.15) is 0 Å². The van der Waals surface area contributed by atoms with Crippen molar-refractivity contribution in [2.45, 2.75) is 11.3 Å². The minimum Gasteiger partial charge on any atom is -0.478 e. The molecule has 0 aromatic heterocycles. The van der Waals surface area contributed by atoms with Crippen molar-refractivity contribution in [2.75, 3.05) is 5.75 Å². The summed E-state index contributed by atoms with van der Waals surface area (Å²) in [4.78, 5) is 9.84. The molecule has 0 bridgehead atoms. The van der Waals surface area contributed by atoms with Crippen molar-refractivity contribution in [2.24, 2.45) is 0 Å². The number of carboxylic acids is 1. The first kappa shape index (κ1) is 14.8. The van der Waals surface area contributed by atoms with Gasteiger partial charge in [0.05, 0.1) is 15.5 Å². The quantitative estimate of drug-likeness (QED) is 0.925. The number of hydrogen-bond acceptors (Lipinski definition) is 3. The number of carbonyl (C=O) groups is 1. The summed E-state index contributed by atoms with van der Waals surface area (Å²) in [5, 5.41) is 7.89. The minimum absolute atomic E-state index is 0.409. The molecule has 0 spiro atoms. The first-order valence-electron chi connectivity index (χ1n) is 4.38. The van der Waals surface area contributed by atoms with Crippen LogP contribution in [-0.2, 0) is 9.84 Å². The van der Waals surface area contributed by atoms with Crippen molar-refractivity contribution in [1.29, 1.82) is 0 Å². The molecule has 100 valence electrons. The van der Waals surface area contributed by atoms with Crippen LogP contribution in [0.1, 0.15) is 10.4 Å². The number of benzene rings is 1. The third-order valence-corrected chi connectivity index (χ3v) is 3.97. The molecule has 1 aromatic rings. The Morgan fingerprint density at radius 3 is 2.39 bits per heavy atom. The molecular weight excluding hydrogens is 297 g/mol. The van der Waals surface area contributed by atoms with E-state index >= 15 is 0 Å². The van der Waals surface area contributed by atoms with Gasteiger partial charge in [0.2, 0.25) is 0 Å². The lowest BCUT2D eigenvalue weighted by Gasteiger charge is -2.07. The second-order valence-corrected chi connectivity index (χ2v) is 5.66. The van der Waals surface area contributed by atoms with Crippen molar-refractivity contribution in [3.63, 3.8) is 0 Å². The number of aromatic carboxylic acids is 1. The van der Waals surface area contributed by atoms with Gasteiger partial charge in [-0.1, -0.05) is 11.6 Å². The predicted molar refractivity (Wildman–Crippen MR) is 56.4 cm³/mol. The van der Waals surface area contributed by atoms with E-state index in [4.69, 9.17) is 16.7 Å². The van der Waals surface area contributed by atoms with Crippen molar-refractivity contribution in [3.05, 3.63) is 28.5 Å². The van der Waals surface area contributed by atoms with E-state index in [0.717, 1.165) is 0 Å². The molecule has 0 atom stereocenters. The molecule has 0 amide bonds. The molecule has 18 heavy (non-hydrogen) atoms. The number of carboxylic acid groups (broad SMARTS) is 1. The summed E-state index contributed by atoms with van der Waals surface area (Å²) in [6.45, 7) is 0. The van der Waals surface area contributed by atoms with E-state index in [1.165, 1.54) is 0 Å². The summed E-state index contributed by atoms with van der Waals surface area (Å²) in [7, 11) is -4.47. The van der Waals surface area contributed by atoms with Gasteiger partial charge in [-0.25, -0.2) is 26.4 Å². The second-order valence-electron chi connectivity index (χ2n) is 3.24. The predicted octanol–water partition coefficient (Wildman–Crippen LogP) is 2.22. The van der Waals surface area contributed by atoms with Crippen LogP contribution in [-0.4, -0.2) is 31.7 Å². The molecule has 0 saturated heterocycles. The van der Waals surface area contributed by atoms with Crippen LogP contribution in [0.25, 0.3) is 0 Å². The number of hydrogen-bond donors (Lipinski definition) is 1. The van der Waals surface area contributed by atoms with Crippen molar-refractivity contribution in [1.82, 2.24) is 0 Å². The Balaban J connectivity index is 3.40. The molecule has 0 unspecified atom stereocenters. The number of halogens is 4. The summed E-state index contributed by atoms with van der Waals surface area (Å²) >= 11 is 5.32. The van der Waals surface area contributed by atoms with E-state index in [-0.39, 0.29) is 0 Å². The molecule has 1 N–H and O–H groups in total. The Morgan fingerprint density at radius 1 is 1.39 bits per heavy atom. The highest BCUT2D eigenvalue weighted by atomic mass is 35.5. The zero-order valence-corrected chi connectivity index (χ0v) is 10.1. The average molecular weight is 303 g/mol. The molecule has 4 nitrogen and oxygen atoms in total. The van der Waals surface area contributed by atoms with Crippen LogP contribution >= 0.6 is 11.6 Å². The average Bonchev–Trinajstić information content (AvgIpc) is 2.19. The zero-order valence-electron chi connectivity index (χ0n) is 8.53. The van der Waals surface area contributed by atoms with Gasteiger partial charge in [-0.3, -0.25) is 0 Å². The summed E-state index contributed by atoms with van der Waals surface area (Å²) < 4.78 is 60.1. The summed E-state index contributed by atoms with van der Waals surface area (Å²) in [6.07, 6.45) is -3.15. The molecule has 0 aliphatic rings. The van der Waals surface area contributed by atoms with Crippen molar-refractivity contribution >= 4 is 27.4 Å². The van der Waals surface area contributed by atoms with Crippen LogP contribution in [0.5, 0.6) is 0 Å². The Kier molecular flexibility index (Phi) is 4.23. The normalized spacial score (nSPS) is 11.8. The van der Waals surface area contributed by atoms with E-state index in [9.17, 15) is 26.4 Å². The highest BCUT2D eigenvalue weighted by Crippen LogP contribution is 2.25. The lowest BCUT2D eigenvalue weighted by atomic mass is 10.2. The van der Waals surface area contributed by atoms with Gasteiger partial charge < -0.3 is 5.11 Å². The van der Waals surface area contributed by atoms with E-state index in [2.05, 4.69) is 0 Å². The SMILES string of the molecule is O=C(O)c1cc(S(=O)(=O)CC(F)F)cc(F)c1Cl. The fraction of sp³-hybridized carbons (Fsp3) is 0.222. The van der Waals surface area contributed by atoms with E-state index < -0.39 is 49.3 Å². The van der Waals surface area contributed by atoms with Gasteiger partial charge in [0.1, 0.15) is 11.6 Å². The molecule has 1 aromatic carbocycles.